The molecule has 1 amide bonds. The first-order valence-corrected chi connectivity index (χ1v) is 4.40. The van der Waals surface area contributed by atoms with Gasteiger partial charge in [-0.05, 0) is 28.8 Å². The Balaban J connectivity index is 2.51. The molecule has 0 aliphatic carbocycles. The van der Waals surface area contributed by atoms with E-state index in [1.54, 1.807) is 11.3 Å². The van der Waals surface area contributed by atoms with Gasteiger partial charge in [0.05, 0.1) is 0 Å². The average molecular weight is 169 g/mol. The van der Waals surface area contributed by atoms with Gasteiger partial charge in [-0.25, -0.2) is 0 Å². The van der Waals surface area contributed by atoms with Gasteiger partial charge in [-0.1, -0.05) is 0 Å². The van der Waals surface area contributed by atoms with Crippen molar-refractivity contribution < 1.29 is 4.79 Å². The van der Waals surface area contributed by atoms with Gasteiger partial charge in [0.2, 0.25) is 5.91 Å². The number of hydrogen-bond donors (Lipinski definition) is 1. The Morgan fingerprint density at radius 2 is 2.36 bits per heavy atom. The molecule has 0 saturated carbocycles. The second-order valence-electron chi connectivity index (χ2n) is 2.49. The van der Waals surface area contributed by atoms with Gasteiger partial charge >= 0.3 is 0 Å². The summed E-state index contributed by atoms with van der Waals surface area (Å²) in [5.74, 6) is 0.0237. The Bertz CT molecular complexity index is 254. The van der Waals surface area contributed by atoms with Crippen molar-refractivity contribution in [2.75, 3.05) is 0 Å². The van der Waals surface area contributed by atoms with E-state index in [0.29, 0.717) is 6.54 Å². The molecule has 0 aliphatic heterocycles. The monoisotopic (exact) mass is 169 g/mol. The number of carbonyl (C=O) groups is 1. The molecular formula is C8H11NOS. The van der Waals surface area contributed by atoms with Crippen LogP contribution in [0.5, 0.6) is 0 Å². The van der Waals surface area contributed by atoms with E-state index in [-0.39, 0.29) is 5.91 Å². The summed E-state index contributed by atoms with van der Waals surface area (Å²) in [6.45, 7) is 4.24. The standard InChI is InChI=1S/C8H11NOS/c1-6-4-11-5-8(6)3-9-7(2)10/h4-5H,3H2,1-2H3,(H,9,10). The predicted octanol–water partition coefficient (Wildman–Crippen LogP) is 1.69. The SMILES string of the molecule is CC(=O)NCc1cscc1C. The molecule has 2 nitrogen and oxygen atoms in total. The fraction of sp³-hybridized carbons (Fsp3) is 0.375. The summed E-state index contributed by atoms with van der Waals surface area (Å²) in [5, 5.41) is 6.90. The molecule has 0 saturated heterocycles. The van der Waals surface area contributed by atoms with Crippen molar-refractivity contribution >= 4 is 17.2 Å². The van der Waals surface area contributed by atoms with Crippen LogP contribution >= 0.6 is 11.3 Å². The van der Waals surface area contributed by atoms with Crippen LogP contribution in [0.1, 0.15) is 18.1 Å². The fourth-order valence-corrected chi connectivity index (χ4v) is 1.64. The molecule has 0 spiro atoms. The highest BCUT2D eigenvalue weighted by Gasteiger charge is 1.98. The molecule has 1 heterocycles. The third-order valence-electron chi connectivity index (χ3n) is 1.49. The molecule has 1 aromatic heterocycles. The van der Waals surface area contributed by atoms with Crippen molar-refractivity contribution in [2.45, 2.75) is 20.4 Å². The lowest BCUT2D eigenvalue weighted by Gasteiger charge is -1.99. The summed E-state index contributed by atoms with van der Waals surface area (Å²) in [4.78, 5) is 10.5. The fourth-order valence-electron chi connectivity index (χ4n) is 0.788. The first-order valence-electron chi connectivity index (χ1n) is 3.46. The normalized spacial score (nSPS) is 9.64. The minimum atomic E-state index is 0.0237. The van der Waals surface area contributed by atoms with E-state index < -0.39 is 0 Å². The van der Waals surface area contributed by atoms with Gasteiger partial charge in [-0.2, -0.15) is 11.3 Å². The highest BCUT2D eigenvalue weighted by molar-refractivity contribution is 7.08. The third kappa shape index (κ3) is 2.35. The predicted molar refractivity (Wildman–Crippen MR) is 46.6 cm³/mol. The van der Waals surface area contributed by atoms with Crippen molar-refractivity contribution in [3.8, 4) is 0 Å². The van der Waals surface area contributed by atoms with Crippen LogP contribution in [-0.2, 0) is 11.3 Å². The number of rotatable bonds is 2. The van der Waals surface area contributed by atoms with E-state index in [2.05, 4.69) is 16.1 Å². The Labute approximate surface area is 70.2 Å². The maximum absolute atomic E-state index is 10.5. The molecule has 0 aromatic carbocycles. The number of carbonyl (C=O) groups excluding carboxylic acids is 1. The molecule has 0 fully saturated rings. The van der Waals surface area contributed by atoms with E-state index >= 15 is 0 Å². The van der Waals surface area contributed by atoms with Crippen LogP contribution in [0.2, 0.25) is 0 Å². The van der Waals surface area contributed by atoms with Gasteiger partial charge in [0.15, 0.2) is 0 Å². The summed E-state index contributed by atoms with van der Waals surface area (Å²) >= 11 is 1.67. The van der Waals surface area contributed by atoms with Gasteiger partial charge in [0.1, 0.15) is 0 Å². The lowest BCUT2D eigenvalue weighted by Crippen LogP contribution is -2.18. The molecule has 0 atom stereocenters. The van der Waals surface area contributed by atoms with Gasteiger partial charge < -0.3 is 5.32 Å². The van der Waals surface area contributed by atoms with Crippen molar-refractivity contribution in [2.24, 2.45) is 0 Å². The van der Waals surface area contributed by atoms with Gasteiger partial charge in [-0.3, -0.25) is 4.79 Å². The van der Waals surface area contributed by atoms with Crippen molar-refractivity contribution in [3.63, 3.8) is 0 Å². The van der Waals surface area contributed by atoms with E-state index in [4.69, 9.17) is 0 Å². The largest absolute Gasteiger partial charge is 0.352 e. The number of nitrogens with one attached hydrogen (secondary N) is 1. The van der Waals surface area contributed by atoms with Crippen molar-refractivity contribution in [1.82, 2.24) is 5.32 Å². The van der Waals surface area contributed by atoms with Crippen LogP contribution in [0.4, 0.5) is 0 Å². The minimum absolute atomic E-state index is 0.0237. The van der Waals surface area contributed by atoms with E-state index in [0.717, 1.165) is 0 Å². The molecule has 0 bridgehead atoms. The minimum Gasteiger partial charge on any atom is -0.352 e. The van der Waals surface area contributed by atoms with Crippen LogP contribution in [-0.4, -0.2) is 5.91 Å². The summed E-state index contributed by atoms with van der Waals surface area (Å²) in [6, 6.07) is 0. The second kappa shape index (κ2) is 3.53. The van der Waals surface area contributed by atoms with Gasteiger partial charge in [0.25, 0.3) is 0 Å². The molecule has 1 aromatic rings. The van der Waals surface area contributed by atoms with Crippen molar-refractivity contribution in [3.05, 3.63) is 21.9 Å². The van der Waals surface area contributed by atoms with E-state index in [9.17, 15) is 4.79 Å². The van der Waals surface area contributed by atoms with Crippen LogP contribution in [0.25, 0.3) is 0 Å². The third-order valence-corrected chi connectivity index (χ3v) is 2.40. The molecule has 3 heteroatoms. The number of amides is 1. The number of thiophene rings is 1. The lowest BCUT2D eigenvalue weighted by molar-refractivity contribution is -0.119. The van der Waals surface area contributed by atoms with Crippen LogP contribution < -0.4 is 5.32 Å². The summed E-state index contributed by atoms with van der Waals surface area (Å²) < 4.78 is 0. The second-order valence-corrected chi connectivity index (χ2v) is 3.23. The molecular weight excluding hydrogens is 158 g/mol. The van der Waals surface area contributed by atoms with E-state index in [1.165, 1.54) is 18.1 Å². The number of hydrogen-bond acceptors (Lipinski definition) is 2. The van der Waals surface area contributed by atoms with Crippen LogP contribution in [0.3, 0.4) is 0 Å². The summed E-state index contributed by atoms with van der Waals surface area (Å²) in [6.07, 6.45) is 0. The smallest absolute Gasteiger partial charge is 0.217 e. The quantitative estimate of drug-likeness (QED) is 0.717. The Morgan fingerprint density at radius 3 is 2.82 bits per heavy atom. The van der Waals surface area contributed by atoms with Gasteiger partial charge in [-0.15, -0.1) is 0 Å². The summed E-state index contributed by atoms with van der Waals surface area (Å²) in [5.41, 5.74) is 2.47. The molecule has 60 valence electrons. The molecule has 1 N–H and O–H groups in total. The van der Waals surface area contributed by atoms with Crippen LogP contribution in [0.15, 0.2) is 10.8 Å². The average Bonchev–Trinajstić information content (AvgIpc) is 2.31. The molecule has 0 radical (unpaired) electrons. The highest BCUT2D eigenvalue weighted by Crippen LogP contribution is 2.12. The first kappa shape index (κ1) is 8.27. The zero-order valence-corrected chi connectivity index (χ0v) is 7.49. The molecule has 11 heavy (non-hydrogen) atoms. The zero-order valence-electron chi connectivity index (χ0n) is 6.68. The molecule has 0 aliphatic rings. The maximum Gasteiger partial charge on any atom is 0.217 e. The van der Waals surface area contributed by atoms with Crippen LogP contribution in [0, 0.1) is 6.92 Å². The topological polar surface area (TPSA) is 29.1 Å². The number of aryl methyl sites for hydroxylation is 1. The molecule has 1 rings (SSSR count). The zero-order chi connectivity index (χ0) is 8.27. The first-order chi connectivity index (χ1) is 5.20. The highest BCUT2D eigenvalue weighted by atomic mass is 32.1. The maximum atomic E-state index is 10.5. The van der Waals surface area contributed by atoms with Crippen molar-refractivity contribution in [1.29, 1.82) is 0 Å². The Kier molecular flexibility index (Phi) is 2.65. The lowest BCUT2D eigenvalue weighted by atomic mass is 10.2. The summed E-state index contributed by atoms with van der Waals surface area (Å²) in [7, 11) is 0. The Hall–Kier alpha value is -0.830. The van der Waals surface area contributed by atoms with Gasteiger partial charge in [0, 0.05) is 13.5 Å². The molecule has 0 unspecified atom stereocenters. The Morgan fingerprint density at radius 1 is 1.64 bits per heavy atom. The van der Waals surface area contributed by atoms with E-state index in [1.807, 2.05) is 6.92 Å².